The highest BCUT2D eigenvalue weighted by Crippen LogP contribution is 2.24. The quantitative estimate of drug-likeness (QED) is 0.617. The molecule has 0 aromatic heterocycles. The van der Waals surface area contributed by atoms with Crippen LogP contribution in [0.4, 0.5) is 0 Å². The highest BCUT2D eigenvalue weighted by Gasteiger charge is 2.14. The summed E-state index contributed by atoms with van der Waals surface area (Å²) in [6.07, 6.45) is 5.59. The third-order valence-corrected chi connectivity index (χ3v) is 2.99. The standard InChI is InChI=1S/C12H26N2O/c1-14(2)9-7-13-8-10-15-11-12-5-3-4-6-12/h12-13H,3-11H2,1-2H3. The SMILES string of the molecule is CN(C)CCNCCOCC1CCCC1. The second-order valence-corrected chi connectivity index (χ2v) is 4.78. The molecule has 15 heavy (non-hydrogen) atoms. The fourth-order valence-corrected chi connectivity index (χ4v) is 2.00. The van der Waals surface area contributed by atoms with E-state index < -0.39 is 0 Å². The van der Waals surface area contributed by atoms with Crippen molar-refractivity contribution < 1.29 is 4.74 Å². The van der Waals surface area contributed by atoms with Crippen molar-refractivity contribution in [1.82, 2.24) is 10.2 Å². The number of ether oxygens (including phenoxy) is 1. The summed E-state index contributed by atoms with van der Waals surface area (Å²) in [5.74, 6) is 0.853. The van der Waals surface area contributed by atoms with E-state index in [9.17, 15) is 0 Å². The van der Waals surface area contributed by atoms with E-state index in [1.165, 1.54) is 25.7 Å². The van der Waals surface area contributed by atoms with Gasteiger partial charge in [-0.05, 0) is 32.9 Å². The lowest BCUT2D eigenvalue weighted by Gasteiger charge is -2.12. The number of hydrogen-bond acceptors (Lipinski definition) is 3. The van der Waals surface area contributed by atoms with Crippen LogP contribution in [0.2, 0.25) is 0 Å². The lowest BCUT2D eigenvalue weighted by atomic mass is 10.1. The van der Waals surface area contributed by atoms with Crippen LogP contribution in [0.3, 0.4) is 0 Å². The molecule has 0 aromatic carbocycles. The Morgan fingerprint density at radius 2 is 1.93 bits per heavy atom. The van der Waals surface area contributed by atoms with Gasteiger partial charge in [0.1, 0.15) is 0 Å². The average molecular weight is 214 g/mol. The number of rotatable bonds is 8. The van der Waals surface area contributed by atoms with E-state index >= 15 is 0 Å². The molecule has 0 radical (unpaired) electrons. The molecule has 0 amide bonds. The first-order chi connectivity index (χ1) is 7.29. The molecular weight excluding hydrogens is 188 g/mol. The van der Waals surface area contributed by atoms with Crippen molar-refractivity contribution in [2.45, 2.75) is 25.7 Å². The van der Waals surface area contributed by atoms with Gasteiger partial charge in [-0.15, -0.1) is 0 Å². The molecule has 1 aliphatic rings. The minimum atomic E-state index is 0.853. The molecule has 0 saturated heterocycles. The van der Waals surface area contributed by atoms with Gasteiger partial charge < -0.3 is 15.0 Å². The molecule has 0 heterocycles. The van der Waals surface area contributed by atoms with Crippen molar-refractivity contribution >= 4 is 0 Å². The van der Waals surface area contributed by atoms with E-state index in [2.05, 4.69) is 24.3 Å². The average Bonchev–Trinajstić information content (AvgIpc) is 2.68. The molecule has 1 aliphatic carbocycles. The number of nitrogens with one attached hydrogen (secondary N) is 1. The van der Waals surface area contributed by atoms with E-state index in [0.717, 1.165) is 38.8 Å². The molecule has 1 fully saturated rings. The molecule has 0 aromatic rings. The van der Waals surface area contributed by atoms with Gasteiger partial charge in [-0.1, -0.05) is 12.8 Å². The van der Waals surface area contributed by atoms with Gasteiger partial charge in [0.25, 0.3) is 0 Å². The van der Waals surface area contributed by atoms with Crippen molar-refractivity contribution in [3.63, 3.8) is 0 Å². The van der Waals surface area contributed by atoms with Crippen LogP contribution in [-0.2, 0) is 4.74 Å². The van der Waals surface area contributed by atoms with Crippen LogP contribution in [0.15, 0.2) is 0 Å². The van der Waals surface area contributed by atoms with Crippen LogP contribution in [0.1, 0.15) is 25.7 Å². The minimum Gasteiger partial charge on any atom is -0.380 e. The van der Waals surface area contributed by atoms with E-state index in [-0.39, 0.29) is 0 Å². The molecule has 0 unspecified atom stereocenters. The number of hydrogen-bond donors (Lipinski definition) is 1. The summed E-state index contributed by atoms with van der Waals surface area (Å²) < 4.78 is 5.65. The molecule has 90 valence electrons. The highest BCUT2D eigenvalue weighted by atomic mass is 16.5. The lowest BCUT2D eigenvalue weighted by molar-refractivity contribution is 0.103. The topological polar surface area (TPSA) is 24.5 Å². The predicted molar refractivity (Wildman–Crippen MR) is 64.2 cm³/mol. The Kier molecular flexibility index (Phi) is 6.98. The van der Waals surface area contributed by atoms with E-state index in [0.29, 0.717) is 0 Å². The summed E-state index contributed by atoms with van der Waals surface area (Å²) in [6, 6.07) is 0. The Balaban J connectivity index is 1.76. The lowest BCUT2D eigenvalue weighted by Crippen LogP contribution is -2.29. The van der Waals surface area contributed by atoms with Gasteiger partial charge in [-0.2, -0.15) is 0 Å². The van der Waals surface area contributed by atoms with E-state index in [1.54, 1.807) is 0 Å². The van der Waals surface area contributed by atoms with Gasteiger partial charge in [0.2, 0.25) is 0 Å². The Morgan fingerprint density at radius 3 is 2.60 bits per heavy atom. The second kappa shape index (κ2) is 8.08. The molecule has 0 bridgehead atoms. The van der Waals surface area contributed by atoms with Crippen molar-refractivity contribution in [1.29, 1.82) is 0 Å². The highest BCUT2D eigenvalue weighted by molar-refractivity contribution is 4.66. The van der Waals surface area contributed by atoms with E-state index in [1.807, 2.05) is 0 Å². The number of likely N-dealkylation sites (N-methyl/N-ethyl adjacent to an activating group) is 1. The smallest absolute Gasteiger partial charge is 0.0591 e. The molecule has 1 rings (SSSR count). The summed E-state index contributed by atoms with van der Waals surface area (Å²) in [7, 11) is 4.19. The zero-order chi connectivity index (χ0) is 10.9. The first kappa shape index (κ1) is 12.9. The molecule has 1 N–H and O–H groups in total. The summed E-state index contributed by atoms with van der Waals surface area (Å²) in [5.41, 5.74) is 0. The van der Waals surface area contributed by atoms with Crippen LogP contribution in [0.25, 0.3) is 0 Å². The first-order valence-corrected chi connectivity index (χ1v) is 6.22. The van der Waals surface area contributed by atoms with Crippen molar-refractivity contribution in [2.24, 2.45) is 5.92 Å². The maximum atomic E-state index is 5.65. The molecule has 0 aliphatic heterocycles. The summed E-state index contributed by atoms with van der Waals surface area (Å²) in [5, 5.41) is 3.38. The monoisotopic (exact) mass is 214 g/mol. The first-order valence-electron chi connectivity index (χ1n) is 6.22. The van der Waals surface area contributed by atoms with Crippen LogP contribution in [0, 0.1) is 5.92 Å². The molecule has 0 spiro atoms. The van der Waals surface area contributed by atoms with Gasteiger partial charge in [0.05, 0.1) is 6.61 Å². The zero-order valence-electron chi connectivity index (χ0n) is 10.3. The largest absolute Gasteiger partial charge is 0.380 e. The fraction of sp³-hybridized carbons (Fsp3) is 1.00. The summed E-state index contributed by atoms with van der Waals surface area (Å²) in [6.45, 7) is 4.99. The molecule has 0 atom stereocenters. The maximum Gasteiger partial charge on any atom is 0.0591 e. The number of nitrogens with zero attached hydrogens (tertiary/aromatic N) is 1. The Morgan fingerprint density at radius 1 is 1.20 bits per heavy atom. The van der Waals surface area contributed by atoms with Crippen molar-refractivity contribution in [2.75, 3.05) is 46.9 Å². The van der Waals surface area contributed by atoms with Crippen molar-refractivity contribution in [3.8, 4) is 0 Å². The van der Waals surface area contributed by atoms with E-state index in [4.69, 9.17) is 4.74 Å². The van der Waals surface area contributed by atoms with Gasteiger partial charge in [0.15, 0.2) is 0 Å². The van der Waals surface area contributed by atoms with Gasteiger partial charge in [-0.3, -0.25) is 0 Å². The van der Waals surface area contributed by atoms with Crippen LogP contribution >= 0.6 is 0 Å². The Labute approximate surface area is 94.2 Å². The predicted octanol–water partition coefficient (Wildman–Crippen LogP) is 1.34. The zero-order valence-corrected chi connectivity index (χ0v) is 10.3. The normalized spacial score (nSPS) is 17.8. The van der Waals surface area contributed by atoms with Crippen LogP contribution in [-0.4, -0.2) is 51.8 Å². The Bertz CT molecular complexity index is 145. The van der Waals surface area contributed by atoms with Gasteiger partial charge in [-0.25, -0.2) is 0 Å². The maximum absolute atomic E-state index is 5.65. The van der Waals surface area contributed by atoms with Crippen LogP contribution in [0.5, 0.6) is 0 Å². The third kappa shape index (κ3) is 6.88. The molecule has 3 nitrogen and oxygen atoms in total. The summed E-state index contributed by atoms with van der Waals surface area (Å²) >= 11 is 0. The second-order valence-electron chi connectivity index (χ2n) is 4.78. The third-order valence-electron chi connectivity index (χ3n) is 2.99. The Hall–Kier alpha value is -0.120. The molecule has 3 heteroatoms. The minimum absolute atomic E-state index is 0.853. The summed E-state index contributed by atoms with van der Waals surface area (Å²) in [4.78, 5) is 2.19. The molecule has 1 saturated carbocycles. The van der Waals surface area contributed by atoms with Crippen LogP contribution < -0.4 is 5.32 Å². The van der Waals surface area contributed by atoms with Gasteiger partial charge in [0, 0.05) is 26.2 Å². The molecular formula is C12H26N2O. The van der Waals surface area contributed by atoms with Gasteiger partial charge >= 0.3 is 0 Å². The fourth-order valence-electron chi connectivity index (χ4n) is 2.00. The van der Waals surface area contributed by atoms with Crippen molar-refractivity contribution in [3.05, 3.63) is 0 Å².